The van der Waals surface area contributed by atoms with Gasteiger partial charge in [-0.25, -0.2) is 0 Å². The Morgan fingerprint density at radius 1 is 1.04 bits per heavy atom. The molecule has 23 heavy (non-hydrogen) atoms. The van der Waals surface area contributed by atoms with Gasteiger partial charge in [-0.1, -0.05) is 50.1 Å². The first kappa shape index (κ1) is 17.9. The van der Waals surface area contributed by atoms with Crippen LogP contribution in [0, 0.1) is 0 Å². The smallest absolute Gasteiger partial charge is 0.120 e. The Morgan fingerprint density at radius 3 is 2.48 bits per heavy atom. The molecule has 0 aliphatic rings. The fourth-order valence-corrected chi connectivity index (χ4v) is 3.24. The van der Waals surface area contributed by atoms with E-state index in [1.54, 1.807) is 0 Å². The van der Waals surface area contributed by atoms with Crippen LogP contribution in [0.1, 0.15) is 58.4 Å². The molecule has 0 heterocycles. The molecule has 0 fully saturated rings. The molecular weight excluding hydrogens is 304 g/mol. The summed E-state index contributed by atoms with van der Waals surface area (Å²) in [5, 5.41) is 0.783. The molecule has 1 atom stereocenters. The largest absolute Gasteiger partial charge is 0.491 e. The molecule has 0 aliphatic carbocycles. The summed E-state index contributed by atoms with van der Waals surface area (Å²) in [6.45, 7) is 8.60. The van der Waals surface area contributed by atoms with Crippen LogP contribution in [-0.2, 0) is 0 Å². The minimum Gasteiger partial charge on any atom is -0.491 e. The highest BCUT2D eigenvalue weighted by atomic mass is 35.5. The number of ether oxygens (including phenoxy) is 1. The van der Waals surface area contributed by atoms with Gasteiger partial charge in [-0.05, 0) is 73.6 Å². The number of hydrogen-bond donors (Lipinski definition) is 0. The van der Waals surface area contributed by atoms with Crippen LogP contribution < -0.4 is 4.74 Å². The van der Waals surface area contributed by atoms with Crippen molar-refractivity contribution < 1.29 is 4.74 Å². The zero-order valence-corrected chi connectivity index (χ0v) is 15.4. The van der Waals surface area contributed by atoms with Gasteiger partial charge in [0.25, 0.3) is 0 Å². The van der Waals surface area contributed by atoms with Gasteiger partial charge in [-0.15, -0.1) is 0 Å². The summed E-state index contributed by atoms with van der Waals surface area (Å²) in [5.74, 6) is 1.48. The third-order valence-electron chi connectivity index (χ3n) is 4.10. The van der Waals surface area contributed by atoms with Crippen LogP contribution in [0.25, 0.3) is 11.1 Å². The highest BCUT2D eigenvalue weighted by Crippen LogP contribution is 2.36. The van der Waals surface area contributed by atoms with Crippen LogP contribution >= 0.6 is 11.6 Å². The molecule has 2 aromatic carbocycles. The molecule has 2 heteroatoms. The maximum absolute atomic E-state index is 6.28. The maximum Gasteiger partial charge on any atom is 0.120 e. The first-order valence-electron chi connectivity index (χ1n) is 8.61. The molecule has 0 aliphatic heterocycles. The Morgan fingerprint density at radius 2 is 1.83 bits per heavy atom. The highest BCUT2D eigenvalue weighted by molar-refractivity contribution is 6.30. The topological polar surface area (TPSA) is 9.23 Å². The van der Waals surface area contributed by atoms with Gasteiger partial charge in [0, 0.05) is 5.02 Å². The normalized spacial score (nSPS) is 12.4. The monoisotopic (exact) mass is 330 g/mol. The first-order valence-corrected chi connectivity index (χ1v) is 8.99. The minimum atomic E-state index is 0.174. The van der Waals surface area contributed by atoms with Crippen LogP contribution in [0.15, 0.2) is 42.5 Å². The molecule has 1 nitrogen and oxygen atoms in total. The fourth-order valence-electron chi connectivity index (χ4n) is 3.07. The van der Waals surface area contributed by atoms with Crippen molar-refractivity contribution in [2.24, 2.45) is 0 Å². The van der Waals surface area contributed by atoms with Gasteiger partial charge in [0.05, 0.1) is 6.10 Å². The molecule has 124 valence electrons. The summed E-state index contributed by atoms with van der Waals surface area (Å²) in [6, 6.07) is 14.6. The van der Waals surface area contributed by atoms with Crippen molar-refractivity contribution in [1.29, 1.82) is 0 Å². The Balaban J connectivity index is 2.47. The van der Waals surface area contributed by atoms with E-state index >= 15 is 0 Å². The number of benzene rings is 2. The van der Waals surface area contributed by atoms with E-state index in [9.17, 15) is 0 Å². The number of rotatable bonds is 7. The number of halogens is 1. The Hall–Kier alpha value is -1.47. The standard InChI is InChI=1S/C21H27ClO/c1-5-8-16(6-2)20-12-11-18(22)14-21(20)17-9-7-10-19(13-17)23-15(3)4/h7,9-16H,5-6,8H2,1-4H3. The van der Waals surface area contributed by atoms with Gasteiger partial charge in [-0.2, -0.15) is 0 Å². The molecule has 0 bridgehead atoms. The average molecular weight is 331 g/mol. The van der Waals surface area contributed by atoms with Crippen molar-refractivity contribution >= 4 is 11.6 Å². The molecular formula is C21H27ClO. The molecule has 0 saturated heterocycles. The summed E-state index contributed by atoms with van der Waals surface area (Å²) in [4.78, 5) is 0. The third-order valence-corrected chi connectivity index (χ3v) is 4.34. The lowest BCUT2D eigenvalue weighted by atomic mass is 9.86. The lowest BCUT2D eigenvalue weighted by molar-refractivity contribution is 0.242. The molecule has 0 N–H and O–H groups in total. The van der Waals surface area contributed by atoms with E-state index in [0.29, 0.717) is 5.92 Å². The van der Waals surface area contributed by atoms with Crippen molar-refractivity contribution in [3.63, 3.8) is 0 Å². The predicted octanol–water partition coefficient (Wildman–Crippen LogP) is 7.09. The number of hydrogen-bond acceptors (Lipinski definition) is 1. The van der Waals surface area contributed by atoms with Crippen molar-refractivity contribution in [1.82, 2.24) is 0 Å². The van der Waals surface area contributed by atoms with Gasteiger partial charge in [0.15, 0.2) is 0 Å². The molecule has 0 radical (unpaired) electrons. The SMILES string of the molecule is CCCC(CC)c1ccc(Cl)cc1-c1cccc(OC(C)C)c1. The van der Waals surface area contributed by atoms with Gasteiger partial charge in [-0.3, -0.25) is 0 Å². The average Bonchev–Trinajstić information content (AvgIpc) is 2.52. The highest BCUT2D eigenvalue weighted by Gasteiger charge is 2.15. The van der Waals surface area contributed by atoms with Crippen LogP contribution in [0.4, 0.5) is 0 Å². The van der Waals surface area contributed by atoms with Crippen molar-refractivity contribution in [2.45, 2.75) is 59.0 Å². The third kappa shape index (κ3) is 4.75. The second-order valence-corrected chi connectivity index (χ2v) is 6.76. The van der Waals surface area contributed by atoms with Crippen LogP contribution in [0.2, 0.25) is 5.02 Å². The van der Waals surface area contributed by atoms with E-state index in [1.165, 1.54) is 29.5 Å². The zero-order valence-electron chi connectivity index (χ0n) is 14.6. The Labute approximate surface area is 145 Å². The Bertz CT molecular complexity index is 633. The van der Waals surface area contributed by atoms with Crippen molar-refractivity contribution in [3.8, 4) is 16.9 Å². The second-order valence-electron chi connectivity index (χ2n) is 6.32. The van der Waals surface area contributed by atoms with Crippen LogP contribution in [0.5, 0.6) is 5.75 Å². The summed E-state index contributed by atoms with van der Waals surface area (Å²) < 4.78 is 5.85. The van der Waals surface area contributed by atoms with Gasteiger partial charge >= 0.3 is 0 Å². The Kier molecular flexibility index (Phi) is 6.53. The van der Waals surface area contributed by atoms with E-state index < -0.39 is 0 Å². The van der Waals surface area contributed by atoms with E-state index in [-0.39, 0.29) is 6.10 Å². The molecule has 2 aromatic rings. The summed E-state index contributed by atoms with van der Waals surface area (Å²) in [7, 11) is 0. The van der Waals surface area contributed by atoms with Gasteiger partial charge in [0.1, 0.15) is 5.75 Å². The van der Waals surface area contributed by atoms with Gasteiger partial charge < -0.3 is 4.74 Å². The second kappa shape index (κ2) is 8.40. The van der Waals surface area contributed by atoms with Crippen molar-refractivity contribution in [3.05, 3.63) is 53.1 Å². The molecule has 0 spiro atoms. The fraction of sp³-hybridized carbons (Fsp3) is 0.429. The minimum absolute atomic E-state index is 0.174. The molecule has 2 rings (SSSR count). The van der Waals surface area contributed by atoms with E-state index in [1.807, 2.05) is 26.0 Å². The maximum atomic E-state index is 6.28. The molecule has 1 unspecified atom stereocenters. The molecule has 0 amide bonds. The van der Waals surface area contributed by atoms with E-state index in [4.69, 9.17) is 16.3 Å². The molecule has 0 aromatic heterocycles. The predicted molar refractivity (Wildman–Crippen MR) is 101 cm³/mol. The zero-order chi connectivity index (χ0) is 16.8. The van der Waals surface area contributed by atoms with Crippen LogP contribution in [0.3, 0.4) is 0 Å². The van der Waals surface area contributed by atoms with Crippen molar-refractivity contribution in [2.75, 3.05) is 0 Å². The van der Waals surface area contributed by atoms with E-state index in [0.717, 1.165) is 17.2 Å². The quantitative estimate of drug-likeness (QED) is 0.526. The lowest BCUT2D eigenvalue weighted by Gasteiger charge is -2.20. The summed E-state index contributed by atoms with van der Waals surface area (Å²) in [6.07, 6.45) is 3.71. The summed E-state index contributed by atoms with van der Waals surface area (Å²) >= 11 is 6.28. The summed E-state index contributed by atoms with van der Waals surface area (Å²) in [5.41, 5.74) is 3.79. The van der Waals surface area contributed by atoms with Crippen LogP contribution in [-0.4, -0.2) is 6.10 Å². The lowest BCUT2D eigenvalue weighted by Crippen LogP contribution is -2.05. The molecule has 0 saturated carbocycles. The first-order chi connectivity index (χ1) is 11.0. The van der Waals surface area contributed by atoms with Gasteiger partial charge in [0.2, 0.25) is 0 Å². The van der Waals surface area contributed by atoms with E-state index in [2.05, 4.69) is 44.2 Å².